The van der Waals surface area contributed by atoms with Crippen LogP contribution in [0.4, 0.5) is 0 Å². The zero-order valence-corrected chi connectivity index (χ0v) is 16.6. The van der Waals surface area contributed by atoms with Gasteiger partial charge in [0.05, 0.1) is 16.0 Å². The van der Waals surface area contributed by atoms with Crippen LogP contribution in [-0.2, 0) is 9.59 Å². The molecule has 2 heterocycles. The number of thiophene rings is 1. The molecule has 144 valence electrons. The molecule has 2 aromatic heterocycles. The number of nitrogens with one attached hydrogen (secondary N) is 1. The smallest absolute Gasteiger partial charge is 0.244 e. The van der Waals surface area contributed by atoms with Crippen LogP contribution in [0.5, 0.6) is 0 Å². The van der Waals surface area contributed by atoms with E-state index in [4.69, 9.17) is 10.8 Å². The molecule has 1 aromatic carbocycles. The molecule has 2 amide bonds. The molecule has 7 heteroatoms. The Morgan fingerprint density at radius 2 is 1.96 bits per heavy atom. The second-order valence-electron chi connectivity index (χ2n) is 6.99. The van der Waals surface area contributed by atoms with Gasteiger partial charge in [0.1, 0.15) is 5.69 Å². The highest BCUT2D eigenvalue weighted by Gasteiger charge is 2.25. The summed E-state index contributed by atoms with van der Waals surface area (Å²) in [6.07, 6.45) is 5.07. The summed E-state index contributed by atoms with van der Waals surface area (Å²) in [5, 5.41) is 9.40. The van der Waals surface area contributed by atoms with Gasteiger partial charge in [0.25, 0.3) is 0 Å². The largest absolute Gasteiger partial charge is 0.369 e. The molecule has 0 unspecified atom stereocenters. The average molecular weight is 395 g/mol. The fraction of sp³-hybridized carbons (Fsp3) is 0.190. The Bertz CT molecular complexity index is 989. The van der Waals surface area contributed by atoms with Gasteiger partial charge in [-0.2, -0.15) is 5.10 Å². The Hall–Kier alpha value is -3.19. The van der Waals surface area contributed by atoms with E-state index in [1.807, 2.05) is 54.0 Å². The van der Waals surface area contributed by atoms with Crippen LogP contribution in [-0.4, -0.2) is 28.1 Å². The second-order valence-corrected chi connectivity index (χ2v) is 7.94. The lowest BCUT2D eigenvalue weighted by atomic mass is 9.93. The lowest BCUT2D eigenvalue weighted by Gasteiger charge is -2.19. The molecule has 0 saturated heterocycles. The molecule has 0 spiro atoms. The van der Waals surface area contributed by atoms with Crippen LogP contribution in [0.3, 0.4) is 0 Å². The Kier molecular flexibility index (Phi) is 5.75. The SMILES string of the molecule is CC(C)(CNC(=O)/C=C/c1cn(-c2ccccc2)nc1-c1cccs1)C(N)=O. The van der Waals surface area contributed by atoms with E-state index in [1.54, 1.807) is 35.9 Å². The molecule has 0 aliphatic rings. The van der Waals surface area contributed by atoms with Gasteiger partial charge in [0.2, 0.25) is 11.8 Å². The molecule has 0 bridgehead atoms. The lowest BCUT2D eigenvalue weighted by molar-refractivity contribution is -0.126. The van der Waals surface area contributed by atoms with Crippen LogP contribution in [0.2, 0.25) is 0 Å². The van der Waals surface area contributed by atoms with Crippen molar-refractivity contribution in [3.8, 4) is 16.3 Å². The number of aromatic nitrogens is 2. The number of primary amides is 1. The standard InChI is InChI=1S/C21H22N4O2S/c1-21(2,20(22)27)14-23-18(26)11-10-15-13-25(16-7-4-3-5-8-16)24-19(15)17-9-6-12-28-17/h3-13H,14H2,1-2H3,(H2,22,27)(H,23,26)/b11-10+. The number of hydrogen-bond acceptors (Lipinski definition) is 4. The second kappa shape index (κ2) is 8.22. The van der Waals surface area contributed by atoms with Crippen LogP contribution in [0, 0.1) is 5.41 Å². The van der Waals surface area contributed by atoms with Gasteiger partial charge >= 0.3 is 0 Å². The summed E-state index contributed by atoms with van der Waals surface area (Å²) in [7, 11) is 0. The zero-order chi connectivity index (χ0) is 20.1. The van der Waals surface area contributed by atoms with Crippen LogP contribution in [0.25, 0.3) is 22.3 Å². The third kappa shape index (κ3) is 4.55. The maximum Gasteiger partial charge on any atom is 0.244 e. The number of carbonyl (C=O) groups is 2. The quantitative estimate of drug-likeness (QED) is 0.603. The number of carbonyl (C=O) groups excluding carboxylic acids is 2. The number of amides is 2. The van der Waals surface area contributed by atoms with Crippen molar-refractivity contribution < 1.29 is 9.59 Å². The van der Waals surface area contributed by atoms with Crippen LogP contribution >= 0.6 is 11.3 Å². The monoisotopic (exact) mass is 394 g/mol. The maximum atomic E-state index is 12.2. The summed E-state index contributed by atoms with van der Waals surface area (Å²) in [6, 6.07) is 13.7. The van der Waals surface area contributed by atoms with Crippen molar-refractivity contribution in [3.05, 3.63) is 65.7 Å². The number of nitrogens with zero attached hydrogens (tertiary/aromatic N) is 2. The van der Waals surface area contributed by atoms with Gasteiger partial charge in [-0.25, -0.2) is 4.68 Å². The van der Waals surface area contributed by atoms with Gasteiger partial charge in [-0.15, -0.1) is 11.3 Å². The molecule has 3 N–H and O–H groups in total. The molecule has 28 heavy (non-hydrogen) atoms. The van der Waals surface area contributed by atoms with Crippen LogP contribution in [0.15, 0.2) is 60.1 Å². The number of rotatable bonds is 7. The van der Waals surface area contributed by atoms with Gasteiger partial charge in [0.15, 0.2) is 0 Å². The zero-order valence-electron chi connectivity index (χ0n) is 15.8. The minimum absolute atomic E-state index is 0.173. The van der Waals surface area contributed by atoms with Crippen molar-refractivity contribution in [2.75, 3.05) is 6.54 Å². The fourth-order valence-corrected chi connectivity index (χ4v) is 3.18. The first kappa shape index (κ1) is 19.6. The summed E-state index contributed by atoms with van der Waals surface area (Å²) in [5.41, 5.74) is 7.11. The Balaban J connectivity index is 1.82. The molecule has 6 nitrogen and oxygen atoms in total. The van der Waals surface area contributed by atoms with Gasteiger partial charge in [-0.3, -0.25) is 9.59 Å². The highest BCUT2D eigenvalue weighted by Crippen LogP contribution is 2.28. The average Bonchev–Trinajstić information content (AvgIpc) is 3.35. The van der Waals surface area contributed by atoms with Crippen molar-refractivity contribution in [3.63, 3.8) is 0 Å². The molecule has 0 saturated carbocycles. The first-order valence-corrected chi connectivity index (χ1v) is 9.69. The third-order valence-corrected chi connectivity index (χ3v) is 5.18. The summed E-state index contributed by atoms with van der Waals surface area (Å²) >= 11 is 1.59. The van der Waals surface area contributed by atoms with E-state index in [9.17, 15) is 9.59 Å². The topological polar surface area (TPSA) is 90.0 Å². The molecule has 0 aliphatic heterocycles. The van der Waals surface area contributed by atoms with E-state index in [0.717, 1.165) is 21.8 Å². The first-order valence-electron chi connectivity index (χ1n) is 8.81. The molecule has 0 fully saturated rings. The normalized spacial score (nSPS) is 11.6. The first-order chi connectivity index (χ1) is 13.4. The summed E-state index contributed by atoms with van der Waals surface area (Å²) < 4.78 is 1.79. The van der Waals surface area contributed by atoms with Crippen LogP contribution in [0.1, 0.15) is 19.4 Å². The van der Waals surface area contributed by atoms with Gasteiger partial charge in [0, 0.05) is 24.4 Å². The van der Waals surface area contributed by atoms with E-state index in [2.05, 4.69) is 5.32 Å². The molecule has 0 atom stereocenters. The summed E-state index contributed by atoms with van der Waals surface area (Å²) in [4.78, 5) is 24.6. The highest BCUT2D eigenvalue weighted by molar-refractivity contribution is 7.13. The molecular formula is C21H22N4O2S. The van der Waals surface area contributed by atoms with Gasteiger partial charge in [-0.05, 0) is 43.5 Å². The lowest BCUT2D eigenvalue weighted by Crippen LogP contribution is -2.41. The van der Waals surface area contributed by atoms with E-state index in [-0.39, 0.29) is 12.5 Å². The highest BCUT2D eigenvalue weighted by atomic mass is 32.1. The summed E-state index contributed by atoms with van der Waals surface area (Å²) in [6.45, 7) is 3.56. The maximum absolute atomic E-state index is 12.2. The number of para-hydroxylation sites is 1. The number of hydrogen-bond donors (Lipinski definition) is 2. The molecule has 0 radical (unpaired) electrons. The molecule has 3 aromatic rings. The van der Waals surface area contributed by atoms with Gasteiger partial charge < -0.3 is 11.1 Å². The predicted molar refractivity (Wildman–Crippen MR) is 112 cm³/mol. The minimum atomic E-state index is -0.802. The summed E-state index contributed by atoms with van der Waals surface area (Å²) in [5.74, 6) is -0.750. The molecule has 0 aliphatic carbocycles. The van der Waals surface area contributed by atoms with Gasteiger partial charge in [-0.1, -0.05) is 24.3 Å². The van der Waals surface area contributed by atoms with Crippen molar-refractivity contribution in [2.24, 2.45) is 11.1 Å². The van der Waals surface area contributed by atoms with Crippen molar-refractivity contribution in [1.82, 2.24) is 15.1 Å². The Labute approximate surface area is 167 Å². The van der Waals surface area contributed by atoms with Crippen LogP contribution < -0.4 is 11.1 Å². The van der Waals surface area contributed by atoms with E-state index >= 15 is 0 Å². The predicted octanol–water partition coefficient (Wildman–Crippen LogP) is 3.24. The van der Waals surface area contributed by atoms with E-state index < -0.39 is 11.3 Å². The molecular weight excluding hydrogens is 372 g/mol. The third-order valence-electron chi connectivity index (χ3n) is 4.30. The Morgan fingerprint density at radius 1 is 1.21 bits per heavy atom. The Morgan fingerprint density at radius 3 is 2.61 bits per heavy atom. The molecule has 3 rings (SSSR count). The van der Waals surface area contributed by atoms with E-state index in [0.29, 0.717) is 0 Å². The van der Waals surface area contributed by atoms with Crippen molar-refractivity contribution in [2.45, 2.75) is 13.8 Å². The number of benzene rings is 1. The van der Waals surface area contributed by atoms with Crippen molar-refractivity contribution in [1.29, 1.82) is 0 Å². The minimum Gasteiger partial charge on any atom is -0.369 e. The fourth-order valence-electron chi connectivity index (χ4n) is 2.45. The van der Waals surface area contributed by atoms with Crippen molar-refractivity contribution >= 4 is 29.2 Å². The number of nitrogens with two attached hydrogens (primary N) is 1. The van der Waals surface area contributed by atoms with E-state index in [1.165, 1.54) is 6.08 Å².